The lowest BCUT2D eigenvalue weighted by atomic mass is 9.95. The first kappa shape index (κ1) is 25.4. The highest BCUT2D eigenvalue weighted by molar-refractivity contribution is 5.15. The lowest BCUT2D eigenvalue weighted by Crippen LogP contribution is -2.51. The molecule has 0 bridgehead atoms. The van der Waals surface area contributed by atoms with Crippen molar-refractivity contribution in [2.75, 3.05) is 13.2 Å². The van der Waals surface area contributed by atoms with Crippen LogP contribution in [0.2, 0.25) is 0 Å². The molecule has 0 saturated carbocycles. The number of benzene rings is 2. The molecule has 1 fully saturated rings. The summed E-state index contributed by atoms with van der Waals surface area (Å²) in [6.07, 6.45) is -2.27. The van der Waals surface area contributed by atoms with Crippen LogP contribution < -0.4 is 11.2 Å². The smallest absolute Gasteiger partial charge is 0.330 e. The normalized spacial score (nSPS) is 23.3. The molecule has 2 N–H and O–H groups in total. The SMILES string of the molecule is Cc1cn([C@@H]2O[C@](CN=[N+]=[N-])(COCc3ccccc3)[C@@H](OCc3ccccc3)[C@@H]2O)c(=O)[nH]c1=O. The van der Waals surface area contributed by atoms with E-state index in [9.17, 15) is 14.7 Å². The van der Waals surface area contributed by atoms with Crippen molar-refractivity contribution in [1.29, 1.82) is 0 Å². The summed E-state index contributed by atoms with van der Waals surface area (Å²) in [5.74, 6) is 0. The minimum atomic E-state index is -1.41. The number of hydrogen-bond acceptors (Lipinski definition) is 7. The molecular formula is C25H27N5O6. The van der Waals surface area contributed by atoms with Gasteiger partial charge in [-0.05, 0) is 23.6 Å². The summed E-state index contributed by atoms with van der Waals surface area (Å²) in [5.41, 5.74) is 8.40. The Bertz CT molecular complexity index is 1320. The molecular weight excluding hydrogens is 466 g/mol. The Hall–Kier alpha value is -3.73. The number of hydrogen-bond donors (Lipinski definition) is 2. The van der Waals surface area contributed by atoms with Gasteiger partial charge in [0.1, 0.15) is 17.8 Å². The van der Waals surface area contributed by atoms with E-state index in [1.165, 1.54) is 13.1 Å². The number of aliphatic hydroxyl groups excluding tert-OH is 1. The lowest BCUT2D eigenvalue weighted by molar-refractivity contribution is -0.151. The molecule has 3 aromatic rings. The highest BCUT2D eigenvalue weighted by Gasteiger charge is 2.56. The number of rotatable bonds is 10. The molecule has 188 valence electrons. The van der Waals surface area contributed by atoms with Crippen molar-refractivity contribution in [3.63, 3.8) is 0 Å². The van der Waals surface area contributed by atoms with Gasteiger partial charge in [-0.15, -0.1) is 0 Å². The van der Waals surface area contributed by atoms with Gasteiger partial charge in [0, 0.05) is 16.7 Å². The predicted octanol–water partition coefficient (Wildman–Crippen LogP) is 2.59. The zero-order valence-corrected chi connectivity index (χ0v) is 19.7. The number of aliphatic hydroxyl groups is 1. The Morgan fingerprint density at radius 1 is 1.11 bits per heavy atom. The maximum atomic E-state index is 12.6. The molecule has 1 aliphatic rings. The number of aromatic amines is 1. The van der Waals surface area contributed by atoms with Crippen molar-refractivity contribution in [2.45, 2.75) is 44.2 Å². The second kappa shape index (κ2) is 11.3. The molecule has 2 aromatic carbocycles. The maximum absolute atomic E-state index is 12.6. The molecule has 1 aliphatic heterocycles. The summed E-state index contributed by atoms with van der Waals surface area (Å²) >= 11 is 0. The van der Waals surface area contributed by atoms with Crippen LogP contribution in [-0.2, 0) is 27.4 Å². The largest absolute Gasteiger partial charge is 0.386 e. The van der Waals surface area contributed by atoms with Crippen molar-refractivity contribution in [2.24, 2.45) is 5.11 Å². The van der Waals surface area contributed by atoms with Crippen LogP contribution in [0.25, 0.3) is 10.4 Å². The first-order valence-corrected chi connectivity index (χ1v) is 11.4. The van der Waals surface area contributed by atoms with Gasteiger partial charge in [-0.2, -0.15) is 0 Å². The highest BCUT2D eigenvalue weighted by atomic mass is 16.6. The number of azide groups is 1. The molecule has 11 nitrogen and oxygen atoms in total. The van der Waals surface area contributed by atoms with Crippen molar-refractivity contribution in [3.05, 3.63) is 115 Å². The van der Waals surface area contributed by atoms with Crippen molar-refractivity contribution >= 4 is 0 Å². The van der Waals surface area contributed by atoms with Crippen molar-refractivity contribution < 1.29 is 19.3 Å². The molecule has 0 spiro atoms. The van der Waals surface area contributed by atoms with Gasteiger partial charge >= 0.3 is 5.69 Å². The van der Waals surface area contributed by atoms with E-state index in [2.05, 4.69) is 15.0 Å². The Balaban J connectivity index is 1.67. The van der Waals surface area contributed by atoms with Crippen LogP contribution in [0.3, 0.4) is 0 Å². The number of H-pyrrole nitrogens is 1. The third-order valence-corrected chi connectivity index (χ3v) is 6.03. The van der Waals surface area contributed by atoms with Gasteiger partial charge in [-0.25, -0.2) is 4.79 Å². The average Bonchev–Trinajstić information content (AvgIpc) is 3.16. The first-order chi connectivity index (χ1) is 17.4. The van der Waals surface area contributed by atoms with Gasteiger partial charge in [0.05, 0.1) is 26.4 Å². The molecule has 1 saturated heterocycles. The third kappa shape index (κ3) is 5.56. The van der Waals surface area contributed by atoms with E-state index in [0.29, 0.717) is 0 Å². The number of ether oxygens (including phenoxy) is 3. The van der Waals surface area contributed by atoms with E-state index in [4.69, 9.17) is 19.7 Å². The van der Waals surface area contributed by atoms with E-state index in [1.807, 2.05) is 60.7 Å². The van der Waals surface area contributed by atoms with E-state index in [1.54, 1.807) is 0 Å². The molecule has 4 rings (SSSR count). The predicted molar refractivity (Wildman–Crippen MR) is 130 cm³/mol. The van der Waals surface area contributed by atoms with Crippen LogP contribution >= 0.6 is 0 Å². The van der Waals surface area contributed by atoms with Crippen LogP contribution in [0, 0.1) is 6.92 Å². The average molecular weight is 494 g/mol. The summed E-state index contributed by atoms with van der Waals surface area (Å²) in [5, 5.41) is 15.0. The molecule has 1 aromatic heterocycles. The van der Waals surface area contributed by atoms with Gasteiger partial charge < -0.3 is 19.3 Å². The standard InChI is InChI=1S/C25H27N5O6/c1-17-12-30(24(33)28-22(17)32)23-20(31)21(35-14-19-10-6-3-7-11-19)25(36-23,15-27-29-26)16-34-13-18-8-4-2-5-9-18/h2-12,20-21,23,31H,13-16H2,1H3,(H,28,32,33)/t20-,21-,23+,25+/m0/s1. The minimum Gasteiger partial charge on any atom is -0.386 e. The molecule has 0 aliphatic carbocycles. The Morgan fingerprint density at radius 2 is 1.75 bits per heavy atom. The number of nitrogens with zero attached hydrogens (tertiary/aromatic N) is 4. The van der Waals surface area contributed by atoms with Gasteiger partial charge in [-0.1, -0.05) is 65.8 Å². The fourth-order valence-electron chi connectivity index (χ4n) is 4.20. The molecule has 36 heavy (non-hydrogen) atoms. The molecule has 4 atom stereocenters. The maximum Gasteiger partial charge on any atom is 0.330 e. The third-order valence-electron chi connectivity index (χ3n) is 6.03. The summed E-state index contributed by atoms with van der Waals surface area (Å²) < 4.78 is 19.4. The zero-order valence-electron chi connectivity index (χ0n) is 19.7. The van der Waals surface area contributed by atoms with Gasteiger partial charge in [-0.3, -0.25) is 14.3 Å². The minimum absolute atomic E-state index is 0.0922. The van der Waals surface area contributed by atoms with E-state index in [0.717, 1.165) is 15.7 Å². The summed E-state index contributed by atoms with van der Waals surface area (Å²) in [7, 11) is 0. The second-order valence-electron chi connectivity index (χ2n) is 8.63. The summed E-state index contributed by atoms with van der Waals surface area (Å²) in [6, 6.07) is 18.8. The highest BCUT2D eigenvalue weighted by Crippen LogP contribution is 2.40. The number of aromatic nitrogens is 2. The Labute approximate surface area is 206 Å². The Morgan fingerprint density at radius 3 is 2.39 bits per heavy atom. The van der Waals surface area contributed by atoms with Crippen LogP contribution in [0.4, 0.5) is 0 Å². The van der Waals surface area contributed by atoms with Crippen molar-refractivity contribution in [3.8, 4) is 0 Å². The number of aryl methyl sites for hydroxylation is 1. The van der Waals surface area contributed by atoms with Crippen molar-refractivity contribution in [1.82, 2.24) is 9.55 Å². The van der Waals surface area contributed by atoms with Crippen LogP contribution in [0.1, 0.15) is 22.9 Å². The number of nitrogens with one attached hydrogen (secondary N) is 1. The molecule has 0 radical (unpaired) electrons. The van der Waals surface area contributed by atoms with Crippen LogP contribution in [0.5, 0.6) is 0 Å². The Kier molecular flexibility index (Phi) is 7.99. The fourth-order valence-corrected chi connectivity index (χ4v) is 4.20. The van der Waals surface area contributed by atoms with Crippen LogP contribution in [0.15, 0.2) is 81.6 Å². The quantitative estimate of drug-likeness (QED) is 0.252. The topological polar surface area (TPSA) is 152 Å². The lowest BCUT2D eigenvalue weighted by Gasteiger charge is -2.33. The second-order valence-corrected chi connectivity index (χ2v) is 8.63. The van der Waals surface area contributed by atoms with E-state index >= 15 is 0 Å². The molecule has 11 heteroatoms. The first-order valence-electron chi connectivity index (χ1n) is 11.4. The summed E-state index contributed by atoms with van der Waals surface area (Å²) in [6.45, 7) is 1.60. The van der Waals surface area contributed by atoms with E-state index in [-0.39, 0.29) is 31.9 Å². The fraction of sp³-hybridized carbons (Fsp3) is 0.360. The van der Waals surface area contributed by atoms with Gasteiger partial charge in [0.15, 0.2) is 6.23 Å². The monoisotopic (exact) mass is 493 g/mol. The molecule has 0 amide bonds. The van der Waals surface area contributed by atoms with Gasteiger partial charge in [0.25, 0.3) is 5.56 Å². The van der Waals surface area contributed by atoms with Gasteiger partial charge in [0.2, 0.25) is 0 Å². The summed E-state index contributed by atoms with van der Waals surface area (Å²) in [4.78, 5) is 29.6. The molecule has 0 unspecified atom stereocenters. The van der Waals surface area contributed by atoms with Crippen LogP contribution in [-0.4, -0.2) is 45.6 Å². The molecule has 2 heterocycles. The zero-order chi connectivity index (χ0) is 25.5. The van der Waals surface area contributed by atoms with E-state index < -0.39 is 35.3 Å².